The highest BCUT2D eigenvalue weighted by Gasteiger charge is 2.38. The highest BCUT2D eigenvalue weighted by molar-refractivity contribution is 5.86. The van der Waals surface area contributed by atoms with Crippen molar-refractivity contribution in [2.45, 2.75) is 32.4 Å². The first-order chi connectivity index (χ1) is 9.03. The molecule has 3 rings (SSSR count). The van der Waals surface area contributed by atoms with E-state index in [1.807, 2.05) is 19.1 Å². The van der Waals surface area contributed by atoms with Gasteiger partial charge in [0.15, 0.2) is 0 Å². The van der Waals surface area contributed by atoms with Crippen molar-refractivity contribution in [2.75, 3.05) is 6.61 Å². The molecule has 1 unspecified atom stereocenters. The molecule has 1 aliphatic heterocycles. The Hall–Kier alpha value is -1.81. The van der Waals surface area contributed by atoms with Gasteiger partial charge in [0.1, 0.15) is 5.60 Å². The Bertz CT molecular complexity index is 659. The van der Waals surface area contributed by atoms with Gasteiger partial charge in [0.25, 0.3) is 0 Å². The van der Waals surface area contributed by atoms with Gasteiger partial charge in [-0.1, -0.05) is 18.2 Å². The second-order valence-electron chi connectivity index (χ2n) is 5.36. The first-order valence-electron chi connectivity index (χ1n) is 6.53. The summed E-state index contributed by atoms with van der Waals surface area (Å²) >= 11 is 0. The Morgan fingerprint density at radius 1 is 1.47 bits per heavy atom. The van der Waals surface area contributed by atoms with Crippen LogP contribution in [0.1, 0.15) is 24.6 Å². The number of ether oxygens (including phenoxy) is 1. The summed E-state index contributed by atoms with van der Waals surface area (Å²) in [4.78, 5) is 11.3. The third kappa shape index (κ3) is 1.75. The van der Waals surface area contributed by atoms with Crippen molar-refractivity contribution in [1.82, 2.24) is 4.57 Å². The number of rotatable bonds is 2. The number of hydrogen-bond donors (Lipinski definition) is 1. The fourth-order valence-electron chi connectivity index (χ4n) is 3.29. The molecule has 0 saturated heterocycles. The quantitative estimate of drug-likeness (QED) is 0.896. The van der Waals surface area contributed by atoms with Crippen LogP contribution in [0.3, 0.4) is 0 Å². The number of primary amides is 1. The topological polar surface area (TPSA) is 57.2 Å². The molecule has 0 aliphatic carbocycles. The van der Waals surface area contributed by atoms with Crippen LogP contribution in [-0.2, 0) is 21.7 Å². The molecular weight excluding hydrogens is 240 g/mol. The van der Waals surface area contributed by atoms with Crippen molar-refractivity contribution in [1.29, 1.82) is 0 Å². The van der Waals surface area contributed by atoms with Crippen LogP contribution in [0, 0.1) is 6.92 Å². The summed E-state index contributed by atoms with van der Waals surface area (Å²) in [6.45, 7) is 5.46. The first kappa shape index (κ1) is 12.2. The number of nitrogens with zero attached hydrogens (tertiary/aromatic N) is 1. The summed E-state index contributed by atoms with van der Waals surface area (Å²) in [6.07, 6.45) is 0.212. The maximum Gasteiger partial charge on any atom is 0.220 e. The number of aromatic nitrogens is 1. The van der Waals surface area contributed by atoms with E-state index >= 15 is 0 Å². The monoisotopic (exact) mass is 258 g/mol. The molecule has 1 aromatic carbocycles. The Morgan fingerprint density at radius 3 is 2.95 bits per heavy atom. The van der Waals surface area contributed by atoms with Crippen molar-refractivity contribution in [2.24, 2.45) is 5.73 Å². The van der Waals surface area contributed by atoms with Gasteiger partial charge in [-0.25, -0.2) is 0 Å². The van der Waals surface area contributed by atoms with Crippen LogP contribution < -0.4 is 5.73 Å². The van der Waals surface area contributed by atoms with Crippen molar-refractivity contribution < 1.29 is 9.53 Å². The normalized spacial score (nSPS) is 22.4. The van der Waals surface area contributed by atoms with E-state index in [0.717, 1.165) is 12.2 Å². The van der Waals surface area contributed by atoms with Crippen LogP contribution in [0.2, 0.25) is 0 Å². The van der Waals surface area contributed by atoms with Gasteiger partial charge in [-0.05, 0) is 25.5 Å². The fourth-order valence-corrected chi connectivity index (χ4v) is 3.29. The van der Waals surface area contributed by atoms with Crippen LogP contribution in [0.25, 0.3) is 10.9 Å². The van der Waals surface area contributed by atoms with Gasteiger partial charge in [-0.2, -0.15) is 0 Å². The van der Waals surface area contributed by atoms with Gasteiger partial charge < -0.3 is 15.0 Å². The van der Waals surface area contributed by atoms with E-state index < -0.39 is 5.60 Å². The average molecular weight is 258 g/mol. The van der Waals surface area contributed by atoms with Crippen LogP contribution >= 0.6 is 0 Å². The van der Waals surface area contributed by atoms with Crippen molar-refractivity contribution >= 4 is 16.8 Å². The molecule has 2 aromatic rings. The standard InChI is InChI=1S/C15H18N2O2/c1-10-11-5-3-4-6-12(11)17-7-8-19-15(2,14(10)17)9-13(16)18/h3-6H,7-9H2,1-2H3,(H2,16,18). The summed E-state index contributed by atoms with van der Waals surface area (Å²) in [5, 5.41) is 1.22. The van der Waals surface area contributed by atoms with Crippen LogP contribution in [-0.4, -0.2) is 17.1 Å². The molecular formula is C15H18N2O2. The maximum absolute atomic E-state index is 11.3. The predicted octanol–water partition coefficient (Wildman–Crippen LogP) is 2.07. The van der Waals surface area contributed by atoms with Crippen LogP contribution in [0.4, 0.5) is 0 Å². The lowest BCUT2D eigenvalue weighted by atomic mass is 9.93. The highest BCUT2D eigenvalue weighted by Crippen LogP contribution is 2.39. The number of para-hydroxylation sites is 1. The molecule has 0 spiro atoms. The average Bonchev–Trinajstić information content (AvgIpc) is 2.64. The summed E-state index contributed by atoms with van der Waals surface area (Å²) in [7, 11) is 0. The second-order valence-corrected chi connectivity index (χ2v) is 5.36. The number of hydrogen-bond acceptors (Lipinski definition) is 2. The molecule has 0 saturated carbocycles. The lowest BCUT2D eigenvalue weighted by Gasteiger charge is -2.35. The number of amides is 1. The van der Waals surface area contributed by atoms with Crippen molar-refractivity contribution in [3.63, 3.8) is 0 Å². The third-order valence-corrected chi connectivity index (χ3v) is 3.97. The fraction of sp³-hybridized carbons (Fsp3) is 0.400. The van der Waals surface area contributed by atoms with Gasteiger partial charge in [0.05, 0.1) is 18.7 Å². The van der Waals surface area contributed by atoms with E-state index in [2.05, 4.69) is 23.6 Å². The van der Waals surface area contributed by atoms with Gasteiger partial charge >= 0.3 is 0 Å². The lowest BCUT2D eigenvalue weighted by molar-refractivity contribution is -0.129. The Balaban J connectivity index is 2.27. The van der Waals surface area contributed by atoms with E-state index in [-0.39, 0.29) is 12.3 Å². The Labute approximate surface area is 112 Å². The molecule has 0 radical (unpaired) electrons. The minimum atomic E-state index is -0.618. The molecule has 19 heavy (non-hydrogen) atoms. The SMILES string of the molecule is Cc1c2n(c3ccccc13)CCOC2(C)CC(N)=O. The second kappa shape index (κ2) is 4.10. The largest absolute Gasteiger partial charge is 0.370 e. The maximum atomic E-state index is 11.3. The molecule has 2 N–H and O–H groups in total. The number of fused-ring (bicyclic) bond motifs is 3. The number of carbonyl (C=O) groups excluding carboxylic acids is 1. The summed E-state index contributed by atoms with van der Waals surface area (Å²) < 4.78 is 8.15. The van der Waals surface area contributed by atoms with Gasteiger partial charge in [-0.15, -0.1) is 0 Å². The molecule has 4 heteroatoms. The molecule has 1 atom stereocenters. The van der Waals surface area contributed by atoms with Crippen molar-refractivity contribution in [3.05, 3.63) is 35.5 Å². The zero-order chi connectivity index (χ0) is 13.6. The third-order valence-electron chi connectivity index (χ3n) is 3.97. The first-order valence-corrected chi connectivity index (χ1v) is 6.53. The predicted molar refractivity (Wildman–Crippen MR) is 73.8 cm³/mol. The number of carbonyl (C=O) groups is 1. The van der Waals surface area contributed by atoms with Gasteiger partial charge in [-0.3, -0.25) is 4.79 Å². The van der Waals surface area contributed by atoms with Crippen LogP contribution in [0.15, 0.2) is 24.3 Å². The molecule has 1 aliphatic rings. The van der Waals surface area contributed by atoms with E-state index in [1.54, 1.807) is 0 Å². The van der Waals surface area contributed by atoms with Gasteiger partial charge in [0.2, 0.25) is 5.91 Å². The summed E-state index contributed by atoms with van der Waals surface area (Å²) in [5.41, 5.74) is 8.23. The Morgan fingerprint density at radius 2 is 2.21 bits per heavy atom. The van der Waals surface area contributed by atoms with Crippen LogP contribution in [0.5, 0.6) is 0 Å². The van der Waals surface area contributed by atoms with E-state index in [0.29, 0.717) is 6.61 Å². The molecule has 0 fully saturated rings. The Kier molecular flexibility index (Phi) is 2.64. The lowest BCUT2D eigenvalue weighted by Crippen LogP contribution is -2.39. The van der Waals surface area contributed by atoms with E-state index in [9.17, 15) is 4.79 Å². The number of benzene rings is 1. The van der Waals surface area contributed by atoms with Crippen molar-refractivity contribution in [3.8, 4) is 0 Å². The van der Waals surface area contributed by atoms with E-state index in [4.69, 9.17) is 10.5 Å². The highest BCUT2D eigenvalue weighted by atomic mass is 16.5. The van der Waals surface area contributed by atoms with Gasteiger partial charge in [0, 0.05) is 17.4 Å². The molecule has 1 aromatic heterocycles. The molecule has 4 nitrogen and oxygen atoms in total. The molecule has 2 heterocycles. The molecule has 100 valence electrons. The molecule has 0 bridgehead atoms. The van der Waals surface area contributed by atoms with E-state index in [1.165, 1.54) is 16.5 Å². The summed E-state index contributed by atoms with van der Waals surface area (Å²) in [6, 6.07) is 8.30. The minimum absolute atomic E-state index is 0.212. The zero-order valence-corrected chi connectivity index (χ0v) is 11.3. The molecule has 1 amide bonds. The zero-order valence-electron chi connectivity index (χ0n) is 11.3. The number of nitrogens with two attached hydrogens (primary N) is 1. The number of aryl methyl sites for hydroxylation is 1. The summed E-state index contributed by atoms with van der Waals surface area (Å²) in [5.74, 6) is -0.333. The smallest absolute Gasteiger partial charge is 0.220 e. The minimum Gasteiger partial charge on any atom is -0.370 e.